The van der Waals surface area contributed by atoms with Crippen molar-refractivity contribution in [3.63, 3.8) is 0 Å². The minimum Gasteiger partial charge on any atom is -0.275 e. The summed E-state index contributed by atoms with van der Waals surface area (Å²) in [6.07, 6.45) is 5.26. The maximum absolute atomic E-state index is 5.70. The van der Waals surface area contributed by atoms with Crippen LogP contribution in [-0.2, 0) is 19.5 Å². The Morgan fingerprint density at radius 2 is 2.29 bits per heavy atom. The topological polar surface area (TPSA) is 48.5 Å². The first kappa shape index (κ1) is 9.21. The quantitative estimate of drug-likeness (QED) is 0.706. The third-order valence-corrected chi connectivity index (χ3v) is 2.14. The van der Waals surface area contributed by atoms with Crippen molar-refractivity contribution in [1.29, 1.82) is 0 Å². The van der Waals surface area contributed by atoms with Crippen LogP contribution in [0, 0.1) is 0 Å². The molecule has 2 aromatic rings. The van der Waals surface area contributed by atoms with Crippen molar-refractivity contribution in [3.8, 4) is 0 Å². The van der Waals surface area contributed by atoms with E-state index in [9.17, 15) is 0 Å². The van der Waals surface area contributed by atoms with Crippen LogP contribution in [0.1, 0.15) is 11.4 Å². The molecule has 0 atom stereocenters. The molecular formula is C8H10ClN5. The predicted octanol–water partition coefficient (Wildman–Crippen LogP) is 0.799. The van der Waals surface area contributed by atoms with E-state index < -0.39 is 0 Å². The summed E-state index contributed by atoms with van der Waals surface area (Å²) in [5, 5.41) is 8.15. The van der Waals surface area contributed by atoms with E-state index in [0.717, 1.165) is 11.4 Å². The normalized spacial score (nSPS) is 10.7. The summed E-state index contributed by atoms with van der Waals surface area (Å²) >= 11 is 5.70. The third kappa shape index (κ3) is 1.77. The molecule has 0 N–H and O–H groups in total. The van der Waals surface area contributed by atoms with Gasteiger partial charge in [0.1, 0.15) is 12.2 Å². The van der Waals surface area contributed by atoms with E-state index in [4.69, 9.17) is 11.6 Å². The maximum atomic E-state index is 5.70. The first-order valence-electron chi connectivity index (χ1n) is 4.20. The molecule has 0 fully saturated rings. The molecule has 0 aromatic carbocycles. The number of aryl methyl sites for hydroxylation is 1. The number of rotatable bonds is 3. The molecule has 14 heavy (non-hydrogen) atoms. The summed E-state index contributed by atoms with van der Waals surface area (Å²) in [7, 11) is 1.88. The van der Waals surface area contributed by atoms with E-state index in [2.05, 4.69) is 15.2 Å². The predicted molar refractivity (Wildman–Crippen MR) is 51.9 cm³/mol. The first-order valence-corrected chi connectivity index (χ1v) is 4.73. The Balaban J connectivity index is 2.18. The van der Waals surface area contributed by atoms with Crippen LogP contribution in [0.5, 0.6) is 0 Å². The van der Waals surface area contributed by atoms with Gasteiger partial charge in [0.15, 0.2) is 0 Å². The Morgan fingerprint density at radius 3 is 2.93 bits per heavy atom. The number of nitrogens with zero attached hydrogens (tertiary/aromatic N) is 5. The monoisotopic (exact) mass is 211 g/mol. The fourth-order valence-corrected chi connectivity index (χ4v) is 1.46. The molecule has 2 aromatic heterocycles. The highest BCUT2D eigenvalue weighted by Gasteiger charge is 2.04. The van der Waals surface area contributed by atoms with Gasteiger partial charge in [-0.2, -0.15) is 10.2 Å². The van der Waals surface area contributed by atoms with Gasteiger partial charge in [0.25, 0.3) is 0 Å². The lowest BCUT2D eigenvalue weighted by Gasteiger charge is -2.00. The van der Waals surface area contributed by atoms with Gasteiger partial charge in [-0.1, -0.05) is 0 Å². The van der Waals surface area contributed by atoms with E-state index in [1.165, 1.54) is 6.33 Å². The lowest BCUT2D eigenvalue weighted by Crippen LogP contribution is -2.05. The fraction of sp³-hybridized carbons (Fsp3) is 0.375. The smallest absolute Gasteiger partial charge is 0.142 e. The standard InChI is InChI=1S/C8H10ClN5/c1-13-4-7(3-11-13)5-14-8(2-9)10-6-12-14/h3-4,6H,2,5H2,1H3. The van der Waals surface area contributed by atoms with Crippen molar-refractivity contribution in [2.24, 2.45) is 7.05 Å². The van der Waals surface area contributed by atoms with E-state index in [0.29, 0.717) is 12.4 Å². The largest absolute Gasteiger partial charge is 0.275 e. The number of halogens is 1. The van der Waals surface area contributed by atoms with Crippen molar-refractivity contribution >= 4 is 11.6 Å². The van der Waals surface area contributed by atoms with Gasteiger partial charge in [0.2, 0.25) is 0 Å². The Bertz CT molecular complexity index is 419. The zero-order chi connectivity index (χ0) is 9.97. The second kappa shape index (κ2) is 3.79. The van der Waals surface area contributed by atoms with E-state index >= 15 is 0 Å². The van der Waals surface area contributed by atoms with Crippen LogP contribution in [0.4, 0.5) is 0 Å². The van der Waals surface area contributed by atoms with Gasteiger partial charge in [0.05, 0.1) is 18.6 Å². The second-order valence-corrected chi connectivity index (χ2v) is 3.26. The minimum absolute atomic E-state index is 0.375. The van der Waals surface area contributed by atoms with Crippen molar-refractivity contribution in [2.45, 2.75) is 12.4 Å². The van der Waals surface area contributed by atoms with Crippen LogP contribution in [0.15, 0.2) is 18.7 Å². The molecule has 0 aliphatic heterocycles. The van der Waals surface area contributed by atoms with E-state index in [1.54, 1.807) is 15.6 Å². The molecule has 6 heteroatoms. The molecule has 0 saturated heterocycles. The molecule has 0 amide bonds. The molecule has 74 valence electrons. The van der Waals surface area contributed by atoms with Crippen LogP contribution in [-0.4, -0.2) is 24.5 Å². The Labute approximate surface area is 86.3 Å². The summed E-state index contributed by atoms with van der Waals surface area (Å²) in [6.45, 7) is 0.663. The van der Waals surface area contributed by atoms with Gasteiger partial charge in [-0.25, -0.2) is 9.67 Å². The molecule has 0 saturated carbocycles. The van der Waals surface area contributed by atoms with Crippen LogP contribution < -0.4 is 0 Å². The molecule has 5 nitrogen and oxygen atoms in total. The zero-order valence-electron chi connectivity index (χ0n) is 7.76. The highest BCUT2D eigenvalue weighted by molar-refractivity contribution is 6.16. The van der Waals surface area contributed by atoms with E-state index in [-0.39, 0.29) is 0 Å². The molecule has 0 radical (unpaired) electrons. The van der Waals surface area contributed by atoms with Crippen LogP contribution >= 0.6 is 11.6 Å². The van der Waals surface area contributed by atoms with Gasteiger partial charge >= 0.3 is 0 Å². The molecule has 0 unspecified atom stereocenters. The summed E-state index contributed by atoms with van der Waals surface area (Å²) in [4.78, 5) is 4.03. The van der Waals surface area contributed by atoms with Gasteiger partial charge in [-0.15, -0.1) is 11.6 Å². The Hall–Kier alpha value is -1.36. The lowest BCUT2D eigenvalue weighted by atomic mass is 10.3. The van der Waals surface area contributed by atoms with Crippen molar-refractivity contribution in [1.82, 2.24) is 24.5 Å². The fourth-order valence-electron chi connectivity index (χ4n) is 1.25. The number of aromatic nitrogens is 5. The average molecular weight is 212 g/mol. The maximum Gasteiger partial charge on any atom is 0.142 e. The summed E-state index contributed by atoms with van der Waals surface area (Å²) < 4.78 is 3.52. The van der Waals surface area contributed by atoms with Gasteiger partial charge < -0.3 is 0 Å². The molecular weight excluding hydrogens is 202 g/mol. The summed E-state index contributed by atoms with van der Waals surface area (Å²) in [6, 6.07) is 0. The van der Waals surface area contributed by atoms with Crippen molar-refractivity contribution in [2.75, 3.05) is 0 Å². The molecule has 2 heterocycles. The van der Waals surface area contributed by atoms with Gasteiger partial charge in [-0.05, 0) is 0 Å². The lowest BCUT2D eigenvalue weighted by molar-refractivity contribution is 0.655. The summed E-state index contributed by atoms with van der Waals surface area (Å²) in [5.41, 5.74) is 1.09. The minimum atomic E-state index is 0.375. The van der Waals surface area contributed by atoms with Crippen molar-refractivity contribution in [3.05, 3.63) is 30.1 Å². The first-order chi connectivity index (χ1) is 6.79. The molecule has 0 bridgehead atoms. The van der Waals surface area contributed by atoms with E-state index in [1.807, 2.05) is 13.2 Å². The second-order valence-electron chi connectivity index (χ2n) is 2.99. The Morgan fingerprint density at radius 1 is 1.43 bits per heavy atom. The zero-order valence-corrected chi connectivity index (χ0v) is 8.52. The van der Waals surface area contributed by atoms with Gasteiger partial charge in [0, 0.05) is 18.8 Å². The average Bonchev–Trinajstić information content (AvgIpc) is 2.76. The van der Waals surface area contributed by atoms with Crippen LogP contribution in [0.2, 0.25) is 0 Å². The molecule has 0 spiro atoms. The molecule has 0 aliphatic rings. The number of hydrogen-bond donors (Lipinski definition) is 0. The highest BCUT2D eigenvalue weighted by Crippen LogP contribution is 2.04. The third-order valence-electron chi connectivity index (χ3n) is 1.91. The molecule has 2 rings (SSSR count). The van der Waals surface area contributed by atoms with Crippen LogP contribution in [0.25, 0.3) is 0 Å². The van der Waals surface area contributed by atoms with Crippen LogP contribution in [0.3, 0.4) is 0 Å². The highest BCUT2D eigenvalue weighted by atomic mass is 35.5. The number of hydrogen-bond acceptors (Lipinski definition) is 3. The summed E-state index contributed by atoms with van der Waals surface area (Å²) in [5.74, 6) is 1.15. The number of alkyl halides is 1. The van der Waals surface area contributed by atoms with Gasteiger partial charge in [-0.3, -0.25) is 4.68 Å². The van der Waals surface area contributed by atoms with Crippen molar-refractivity contribution < 1.29 is 0 Å². The Kier molecular flexibility index (Phi) is 2.49. The molecule has 0 aliphatic carbocycles. The SMILES string of the molecule is Cn1cc(Cn2ncnc2CCl)cn1.